The zero-order chi connectivity index (χ0) is 17.0. The van der Waals surface area contributed by atoms with Gasteiger partial charge in [0.15, 0.2) is 0 Å². The maximum atomic E-state index is 10.5. The van der Waals surface area contributed by atoms with Gasteiger partial charge in [-0.3, -0.25) is 0 Å². The first-order chi connectivity index (χ1) is 11.5. The minimum Gasteiger partial charge on any atom is -0.506 e. The fourth-order valence-corrected chi connectivity index (χ4v) is 4.56. The fraction of sp³-hybridized carbons (Fsp3) is 0.300. The Labute approximate surface area is 152 Å². The average Bonchev–Trinajstić information content (AvgIpc) is 3.03. The van der Waals surface area contributed by atoms with E-state index >= 15 is 0 Å². The number of halogens is 2. The molecule has 2 N–H and O–H groups in total. The summed E-state index contributed by atoms with van der Waals surface area (Å²) in [7, 11) is 0. The zero-order valence-electron chi connectivity index (χ0n) is 13.6. The molecule has 2 aliphatic rings. The van der Waals surface area contributed by atoms with Gasteiger partial charge in [0, 0.05) is 22.2 Å². The lowest BCUT2D eigenvalue weighted by Gasteiger charge is -2.39. The lowest BCUT2D eigenvalue weighted by atomic mass is 9.76. The smallest absolute Gasteiger partial charge is 0.139 e. The van der Waals surface area contributed by atoms with Gasteiger partial charge in [-0.1, -0.05) is 47.5 Å². The van der Waals surface area contributed by atoms with Crippen molar-refractivity contribution in [3.63, 3.8) is 0 Å². The first-order valence-electron chi connectivity index (χ1n) is 8.18. The van der Waals surface area contributed by atoms with Crippen LogP contribution in [-0.4, -0.2) is 5.11 Å². The highest BCUT2D eigenvalue weighted by molar-refractivity contribution is 6.35. The summed E-state index contributed by atoms with van der Waals surface area (Å²) in [6.45, 7) is 4.26. The molecule has 2 aromatic carbocycles. The van der Waals surface area contributed by atoms with Crippen LogP contribution in [0.5, 0.6) is 5.75 Å². The summed E-state index contributed by atoms with van der Waals surface area (Å²) >= 11 is 12.4. The Hall–Kier alpha value is -1.64. The molecule has 1 aliphatic carbocycles. The van der Waals surface area contributed by atoms with Crippen LogP contribution in [0.4, 0.5) is 5.69 Å². The van der Waals surface area contributed by atoms with E-state index in [1.807, 2.05) is 6.07 Å². The molecule has 0 saturated carbocycles. The quantitative estimate of drug-likeness (QED) is 0.599. The number of allylic oxidation sites excluding steroid dienone is 2. The van der Waals surface area contributed by atoms with E-state index < -0.39 is 0 Å². The predicted molar refractivity (Wildman–Crippen MR) is 100 cm³/mol. The van der Waals surface area contributed by atoms with Crippen LogP contribution in [0.1, 0.15) is 40.6 Å². The summed E-state index contributed by atoms with van der Waals surface area (Å²) < 4.78 is 0. The molecule has 3 atom stereocenters. The van der Waals surface area contributed by atoms with Crippen LogP contribution < -0.4 is 5.32 Å². The third-order valence-electron chi connectivity index (χ3n) is 5.46. The van der Waals surface area contributed by atoms with Crippen molar-refractivity contribution in [2.45, 2.75) is 32.2 Å². The number of fused-ring (bicyclic) bond motifs is 3. The van der Waals surface area contributed by atoms with Crippen molar-refractivity contribution in [3.05, 3.63) is 68.7 Å². The molecule has 0 bridgehead atoms. The van der Waals surface area contributed by atoms with E-state index in [2.05, 4.69) is 43.4 Å². The number of phenols is 1. The van der Waals surface area contributed by atoms with E-state index in [-0.39, 0.29) is 11.8 Å². The van der Waals surface area contributed by atoms with Crippen molar-refractivity contribution in [2.75, 3.05) is 5.32 Å². The van der Waals surface area contributed by atoms with Crippen LogP contribution in [-0.2, 0) is 0 Å². The van der Waals surface area contributed by atoms with Crippen molar-refractivity contribution in [3.8, 4) is 5.75 Å². The highest BCUT2D eigenvalue weighted by atomic mass is 35.5. The monoisotopic (exact) mass is 359 g/mol. The molecule has 0 spiro atoms. The number of benzene rings is 2. The second kappa shape index (κ2) is 5.72. The third-order valence-corrected chi connectivity index (χ3v) is 5.97. The standard InChI is InChI=1S/C20H19Cl2NO/c1-10-6-7-15-13-4-3-5-14(13)19(23-18(15)11(10)2)16-8-12(21)9-17(22)20(16)24/h3-4,6-9,13-14,19,23-24H,5H2,1-2H3. The van der Waals surface area contributed by atoms with Gasteiger partial charge in [0.2, 0.25) is 0 Å². The van der Waals surface area contributed by atoms with E-state index in [0.29, 0.717) is 21.9 Å². The summed E-state index contributed by atoms with van der Waals surface area (Å²) in [5.41, 5.74) is 5.79. The molecule has 0 radical (unpaired) electrons. The van der Waals surface area contributed by atoms with Crippen LogP contribution in [0.2, 0.25) is 10.0 Å². The number of nitrogens with one attached hydrogen (secondary N) is 1. The lowest BCUT2D eigenvalue weighted by molar-refractivity contribution is 0.402. The number of anilines is 1. The topological polar surface area (TPSA) is 32.3 Å². The van der Waals surface area contributed by atoms with E-state index in [1.54, 1.807) is 6.07 Å². The molecule has 0 fully saturated rings. The van der Waals surface area contributed by atoms with Crippen LogP contribution in [0.25, 0.3) is 0 Å². The van der Waals surface area contributed by atoms with Gasteiger partial charge in [0.25, 0.3) is 0 Å². The summed E-state index contributed by atoms with van der Waals surface area (Å²) in [6, 6.07) is 7.80. The Morgan fingerprint density at radius 2 is 1.92 bits per heavy atom. The molecular formula is C20H19Cl2NO. The molecule has 4 rings (SSSR count). The minimum absolute atomic E-state index is 0.0193. The number of hydrogen-bond donors (Lipinski definition) is 2. The Balaban J connectivity index is 1.88. The van der Waals surface area contributed by atoms with Gasteiger partial charge in [-0.05, 0) is 55.0 Å². The second-order valence-corrected chi connectivity index (χ2v) is 7.62. The van der Waals surface area contributed by atoms with Crippen molar-refractivity contribution < 1.29 is 5.11 Å². The highest BCUT2D eigenvalue weighted by Crippen LogP contribution is 2.53. The molecule has 0 aromatic heterocycles. The molecule has 3 unspecified atom stereocenters. The Bertz CT molecular complexity index is 859. The Morgan fingerprint density at radius 1 is 1.12 bits per heavy atom. The van der Waals surface area contributed by atoms with Crippen molar-refractivity contribution in [1.82, 2.24) is 0 Å². The zero-order valence-corrected chi connectivity index (χ0v) is 15.1. The summed E-state index contributed by atoms with van der Waals surface area (Å²) in [6.07, 6.45) is 5.49. The first kappa shape index (κ1) is 15.9. The number of hydrogen-bond acceptors (Lipinski definition) is 2. The maximum absolute atomic E-state index is 10.5. The predicted octanol–water partition coefficient (Wildman–Crippen LogP) is 6.14. The van der Waals surface area contributed by atoms with Crippen LogP contribution >= 0.6 is 23.2 Å². The number of aromatic hydroxyl groups is 1. The van der Waals surface area contributed by atoms with Gasteiger partial charge in [-0.2, -0.15) is 0 Å². The molecule has 2 aromatic rings. The van der Waals surface area contributed by atoms with Crippen LogP contribution in [0, 0.1) is 19.8 Å². The van der Waals surface area contributed by atoms with Gasteiger partial charge in [0.1, 0.15) is 5.75 Å². The van der Waals surface area contributed by atoms with Gasteiger partial charge in [-0.25, -0.2) is 0 Å². The van der Waals surface area contributed by atoms with Crippen LogP contribution in [0.3, 0.4) is 0 Å². The van der Waals surface area contributed by atoms with Gasteiger partial charge in [-0.15, -0.1) is 0 Å². The van der Waals surface area contributed by atoms with Crippen molar-refractivity contribution >= 4 is 28.9 Å². The molecule has 124 valence electrons. The highest BCUT2D eigenvalue weighted by Gasteiger charge is 2.39. The second-order valence-electron chi connectivity index (χ2n) is 6.77. The molecule has 2 nitrogen and oxygen atoms in total. The maximum Gasteiger partial charge on any atom is 0.139 e. The average molecular weight is 360 g/mol. The SMILES string of the molecule is Cc1ccc2c(c1C)NC(c1cc(Cl)cc(Cl)c1O)C1CC=CC21. The molecule has 24 heavy (non-hydrogen) atoms. The number of phenolic OH excluding ortho intramolecular Hbond substituents is 1. The first-order valence-corrected chi connectivity index (χ1v) is 8.94. The third kappa shape index (κ3) is 2.32. The fourth-order valence-electron chi connectivity index (χ4n) is 4.05. The summed E-state index contributed by atoms with van der Waals surface area (Å²) in [5.74, 6) is 0.820. The van der Waals surface area contributed by atoms with E-state index in [4.69, 9.17) is 23.2 Å². The number of aryl methyl sites for hydroxylation is 1. The van der Waals surface area contributed by atoms with E-state index in [0.717, 1.165) is 12.0 Å². The Kier molecular flexibility index (Phi) is 3.78. The lowest BCUT2D eigenvalue weighted by Crippen LogP contribution is -2.29. The van der Waals surface area contributed by atoms with Gasteiger partial charge >= 0.3 is 0 Å². The van der Waals surface area contributed by atoms with Gasteiger partial charge in [0.05, 0.1) is 11.1 Å². The Morgan fingerprint density at radius 3 is 2.71 bits per heavy atom. The molecular weight excluding hydrogens is 341 g/mol. The minimum atomic E-state index is -0.0193. The molecule has 0 amide bonds. The molecule has 1 aliphatic heterocycles. The number of rotatable bonds is 1. The van der Waals surface area contributed by atoms with E-state index in [9.17, 15) is 5.11 Å². The molecule has 1 heterocycles. The van der Waals surface area contributed by atoms with Gasteiger partial charge < -0.3 is 10.4 Å². The molecule has 4 heteroatoms. The largest absolute Gasteiger partial charge is 0.506 e. The van der Waals surface area contributed by atoms with Crippen molar-refractivity contribution in [2.24, 2.45) is 5.92 Å². The molecule has 0 saturated heterocycles. The summed E-state index contributed by atoms with van der Waals surface area (Å²) in [5, 5.41) is 15.0. The summed E-state index contributed by atoms with van der Waals surface area (Å²) in [4.78, 5) is 0. The van der Waals surface area contributed by atoms with E-state index in [1.165, 1.54) is 22.4 Å². The van der Waals surface area contributed by atoms with Crippen LogP contribution in [0.15, 0.2) is 36.4 Å². The normalized spacial score (nSPS) is 24.4. The van der Waals surface area contributed by atoms with Crippen molar-refractivity contribution in [1.29, 1.82) is 0 Å².